The molecule has 0 aromatic heterocycles. The van der Waals surface area contributed by atoms with Crippen LogP contribution < -0.4 is 4.74 Å². The van der Waals surface area contributed by atoms with Crippen LogP contribution >= 0.6 is 22.6 Å². The lowest BCUT2D eigenvalue weighted by Gasteiger charge is -2.25. The van der Waals surface area contributed by atoms with E-state index in [1.54, 1.807) is 7.11 Å². The second kappa shape index (κ2) is 9.45. The van der Waals surface area contributed by atoms with E-state index in [2.05, 4.69) is 53.8 Å². The zero-order chi connectivity index (χ0) is 16.5. The van der Waals surface area contributed by atoms with Crippen LogP contribution in [0.1, 0.15) is 19.8 Å². The van der Waals surface area contributed by atoms with Crippen molar-refractivity contribution in [3.05, 3.63) is 42.5 Å². The van der Waals surface area contributed by atoms with Gasteiger partial charge in [-0.25, -0.2) is 0 Å². The number of halogens is 1. The summed E-state index contributed by atoms with van der Waals surface area (Å²) in [5.41, 5.74) is -0.0812. The maximum Gasteiger partial charge on any atom is 0.119 e. The van der Waals surface area contributed by atoms with Gasteiger partial charge in [0.05, 0.1) is 12.2 Å². The maximum absolute atomic E-state index is 5.80. The number of rotatable bonds is 10. The highest BCUT2D eigenvalue weighted by Gasteiger charge is 2.21. The molecule has 126 valence electrons. The molecule has 2 aromatic rings. The van der Waals surface area contributed by atoms with Crippen LogP contribution in [-0.4, -0.2) is 37.0 Å². The van der Waals surface area contributed by atoms with E-state index < -0.39 is 0 Å². The predicted octanol–water partition coefficient (Wildman–Crippen LogP) is 4.86. The summed E-state index contributed by atoms with van der Waals surface area (Å²) in [4.78, 5) is 0. The summed E-state index contributed by atoms with van der Waals surface area (Å²) in [6.07, 6.45) is 1.80. The molecule has 1 atom stereocenters. The van der Waals surface area contributed by atoms with Crippen molar-refractivity contribution in [2.24, 2.45) is 0 Å². The highest BCUT2D eigenvalue weighted by molar-refractivity contribution is 14.1. The van der Waals surface area contributed by atoms with E-state index in [1.165, 1.54) is 10.8 Å². The third-order valence-corrected chi connectivity index (χ3v) is 5.59. The third-order valence-electron chi connectivity index (χ3n) is 3.97. The van der Waals surface area contributed by atoms with Crippen LogP contribution in [-0.2, 0) is 9.47 Å². The molecule has 0 bridgehead atoms. The minimum atomic E-state index is -0.0812. The zero-order valence-electron chi connectivity index (χ0n) is 13.9. The van der Waals surface area contributed by atoms with E-state index >= 15 is 0 Å². The summed E-state index contributed by atoms with van der Waals surface area (Å²) in [7, 11) is 1.76. The Labute approximate surface area is 152 Å². The van der Waals surface area contributed by atoms with Gasteiger partial charge in [-0.15, -0.1) is 0 Å². The Balaban J connectivity index is 1.63. The van der Waals surface area contributed by atoms with Crippen molar-refractivity contribution >= 4 is 33.4 Å². The van der Waals surface area contributed by atoms with E-state index in [-0.39, 0.29) is 5.60 Å². The molecule has 23 heavy (non-hydrogen) atoms. The number of fused-ring (bicyclic) bond motifs is 1. The fourth-order valence-corrected chi connectivity index (χ4v) is 2.91. The van der Waals surface area contributed by atoms with Crippen LogP contribution in [0.3, 0.4) is 0 Å². The normalized spacial score (nSPS) is 13.9. The molecule has 0 saturated heterocycles. The van der Waals surface area contributed by atoms with E-state index in [1.807, 2.05) is 18.2 Å². The third kappa shape index (κ3) is 5.94. The summed E-state index contributed by atoms with van der Waals surface area (Å²) in [6, 6.07) is 14.5. The lowest BCUT2D eigenvalue weighted by atomic mass is 10.1. The number of ether oxygens (including phenoxy) is 3. The predicted molar refractivity (Wildman–Crippen MR) is 104 cm³/mol. The SMILES string of the molecule is COC(C)(CI)CCOCCCOc1ccc2ccccc2c1. The second-order valence-corrected chi connectivity index (χ2v) is 6.62. The number of benzene rings is 2. The Bertz CT molecular complexity index is 596. The summed E-state index contributed by atoms with van der Waals surface area (Å²) in [5, 5.41) is 2.44. The molecular weight excluding hydrogens is 403 g/mol. The molecule has 0 fully saturated rings. The van der Waals surface area contributed by atoms with Gasteiger partial charge in [-0.2, -0.15) is 0 Å². The number of hydrogen-bond acceptors (Lipinski definition) is 3. The van der Waals surface area contributed by atoms with Gasteiger partial charge in [0.1, 0.15) is 5.75 Å². The lowest BCUT2D eigenvalue weighted by molar-refractivity contribution is -0.00519. The minimum Gasteiger partial charge on any atom is -0.493 e. The summed E-state index contributed by atoms with van der Waals surface area (Å²) < 4.78 is 17.9. The Morgan fingerprint density at radius 3 is 2.52 bits per heavy atom. The van der Waals surface area contributed by atoms with Crippen LogP contribution in [0.15, 0.2) is 42.5 Å². The van der Waals surface area contributed by atoms with Gasteiger partial charge in [0.15, 0.2) is 0 Å². The number of methoxy groups -OCH3 is 1. The van der Waals surface area contributed by atoms with Crippen molar-refractivity contribution in [2.45, 2.75) is 25.4 Å². The van der Waals surface area contributed by atoms with Gasteiger partial charge in [-0.1, -0.05) is 52.9 Å². The first-order chi connectivity index (χ1) is 11.2. The van der Waals surface area contributed by atoms with Crippen molar-refractivity contribution in [2.75, 3.05) is 31.4 Å². The van der Waals surface area contributed by atoms with Gasteiger partial charge in [0.25, 0.3) is 0 Å². The first-order valence-electron chi connectivity index (χ1n) is 7.97. The molecule has 0 heterocycles. The van der Waals surface area contributed by atoms with Crippen LogP contribution in [0.25, 0.3) is 10.8 Å². The Hall–Kier alpha value is -0.850. The first-order valence-corrected chi connectivity index (χ1v) is 9.50. The molecule has 1 unspecified atom stereocenters. The Morgan fingerprint density at radius 1 is 1.00 bits per heavy atom. The summed E-state index contributed by atoms with van der Waals surface area (Å²) in [5.74, 6) is 0.917. The molecule has 0 aliphatic rings. The van der Waals surface area contributed by atoms with Gasteiger partial charge >= 0.3 is 0 Å². The molecule has 3 nitrogen and oxygen atoms in total. The van der Waals surface area contributed by atoms with Gasteiger partial charge in [0, 0.05) is 37.6 Å². The molecule has 0 amide bonds. The van der Waals surface area contributed by atoms with E-state index in [9.17, 15) is 0 Å². The minimum absolute atomic E-state index is 0.0812. The monoisotopic (exact) mass is 428 g/mol. The standard InChI is InChI=1S/C19H25IO3/c1-19(15-20,21-2)10-13-22-11-5-12-23-18-9-8-16-6-3-4-7-17(16)14-18/h3-4,6-9,14H,5,10-13,15H2,1-2H3. The maximum atomic E-state index is 5.80. The largest absolute Gasteiger partial charge is 0.493 e. The summed E-state index contributed by atoms with van der Waals surface area (Å²) >= 11 is 2.35. The molecule has 0 aliphatic carbocycles. The smallest absolute Gasteiger partial charge is 0.119 e. The van der Waals surface area contributed by atoms with E-state index in [0.29, 0.717) is 13.2 Å². The average Bonchev–Trinajstić information content (AvgIpc) is 2.60. The summed E-state index contributed by atoms with van der Waals surface area (Å²) in [6.45, 7) is 4.23. The molecule has 0 saturated carbocycles. The van der Waals surface area contributed by atoms with E-state index in [4.69, 9.17) is 14.2 Å². The molecule has 4 heteroatoms. The van der Waals surface area contributed by atoms with Crippen LogP contribution in [0, 0.1) is 0 Å². The number of alkyl halides is 1. The lowest BCUT2D eigenvalue weighted by Crippen LogP contribution is -2.30. The highest BCUT2D eigenvalue weighted by Crippen LogP contribution is 2.20. The second-order valence-electron chi connectivity index (χ2n) is 5.86. The first kappa shape index (κ1) is 18.5. The van der Waals surface area contributed by atoms with Crippen LogP contribution in [0.2, 0.25) is 0 Å². The van der Waals surface area contributed by atoms with Crippen molar-refractivity contribution in [1.29, 1.82) is 0 Å². The molecule has 0 spiro atoms. The van der Waals surface area contributed by atoms with Crippen molar-refractivity contribution in [3.63, 3.8) is 0 Å². The van der Waals surface area contributed by atoms with Gasteiger partial charge in [-0.3, -0.25) is 0 Å². The van der Waals surface area contributed by atoms with Crippen molar-refractivity contribution in [3.8, 4) is 5.75 Å². The molecule has 0 N–H and O–H groups in total. The zero-order valence-corrected chi connectivity index (χ0v) is 16.0. The highest BCUT2D eigenvalue weighted by atomic mass is 127. The fourth-order valence-electron chi connectivity index (χ4n) is 2.22. The van der Waals surface area contributed by atoms with Gasteiger partial charge in [0.2, 0.25) is 0 Å². The molecule has 0 aliphatic heterocycles. The van der Waals surface area contributed by atoms with Crippen LogP contribution in [0.5, 0.6) is 5.75 Å². The molecule has 2 aromatic carbocycles. The van der Waals surface area contributed by atoms with Crippen molar-refractivity contribution in [1.82, 2.24) is 0 Å². The topological polar surface area (TPSA) is 27.7 Å². The van der Waals surface area contributed by atoms with Gasteiger partial charge < -0.3 is 14.2 Å². The fraction of sp³-hybridized carbons (Fsp3) is 0.474. The van der Waals surface area contributed by atoms with Crippen LogP contribution in [0.4, 0.5) is 0 Å². The van der Waals surface area contributed by atoms with Crippen molar-refractivity contribution < 1.29 is 14.2 Å². The van der Waals surface area contributed by atoms with E-state index in [0.717, 1.165) is 29.6 Å². The quantitative estimate of drug-likeness (QED) is 0.308. The number of hydrogen-bond donors (Lipinski definition) is 0. The Morgan fingerprint density at radius 2 is 1.78 bits per heavy atom. The molecular formula is C19H25IO3. The average molecular weight is 428 g/mol. The molecule has 2 rings (SSSR count). The Kier molecular flexibility index (Phi) is 7.59. The van der Waals surface area contributed by atoms with Gasteiger partial charge in [-0.05, 0) is 29.8 Å². The molecule has 0 radical (unpaired) electrons.